The highest BCUT2D eigenvalue weighted by molar-refractivity contribution is 5.78. The Labute approximate surface area is 114 Å². The predicted molar refractivity (Wildman–Crippen MR) is 71.9 cm³/mol. The summed E-state index contributed by atoms with van der Waals surface area (Å²) in [5.74, 6) is -0.776. The van der Waals surface area contributed by atoms with Gasteiger partial charge >= 0.3 is 12.0 Å². The highest BCUT2D eigenvalue weighted by Crippen LogP contribution is 2.44. The molecule has 0 radical (unpaired) electrons. The van der Waals surface area contributed by atoms with Gasteiger partial charge in [-0.1, -0.05) is 26.2 Å². The largest absolute Gasteiger partial charge is 0.481 e. The second-order valence-electron chi connectivity index (χ2n) is 6.49. The molecule has 0 unspecified atom stereocenters. The lowest BCUT2D eigenvalue weighted by molar-refractivity contribution is -0.150. The molecule has 0 aromatic rings. The minimum Gasteiger partial charge on any atom is -0.481 e. The molecule has 3 N–H and O–H groups in total. The van der Waals surface area contributed by atoms with Gasteiger partial charge < -0.3 is 15.7 Å². The van der Waals surface area contributed by atoms with Gasteiger partial charge in [-0.25, -0.2) is 4.79 Å². The van der Waals surface area contributed by atoms with Crippen LogP contribution in [0.25, 0.3) is 0 Å². The van der Waals surface area contributed by atoms with Crippen LogP contribution >= 0.6 is 0 Å². The Morgan fingerprint density at radius 2 is 1.58 bits per heavy atom. The third-order valence-corrected chi connectivity index (χ3v) is 4.63. The van der Waals surface area contributed by atoms with E-state index in [-0.39, 0.29) is 18.0 Å². The van der Waals surface area contributed by atoms with Crippen molar-refractivity contribution in [2.45, 2.75) is 51.9 Å². The second-order valence-corrected chi connectivity index (χ2v) is 6.49. The average molecular weight is 268 g/mol. The lowest BCUT2D eigenvalue weighted by Crippen LogP contribution is -2.47. The van der Waals surface area contributed by atoms with E-state index in [1.807, 2.05) is 0 Å². The SMILES string of the molecule is CC1(CNC(=O)NCC2(C(=O)O)CCCCC2)CC1. The molecule has 0 aromatic heterocycles. The molecule has 0 heterocycles. The monoisotopic (exact) mass is 268 g/mol. The van der Waals surface area contributed by atoms with Crippen LogP contribution in [-0.4, -0.2) is 30.2 Å². The van der Waals surface area contributed by atoms with Crippen LogP contribution in [0.2, 0.25) is 0 Å². The molecule has 0 spiro atoms. The Hall–Kier alpha value is -1.26. The van der Waals surface area contributed by atoms with E-state index in [0.29, 0.717) is 19.4 Å². The van der Waals surface area contributed by atoms with Gasteiger partial charge in [0.1, 0.15) is 0 Å². The molecule has 2 aliphatic rings. The number of carboxylic acid groups (broad SMARTS) is 1. The summed E-state index contributed by atoms with van der Waals surface area (Å²) >= 11 is 0. The summed E-state index contributed by atoms with van der Waals surface area (Å²) in [6.45, 7) is 3.07. The van der Waals surface area contributed by atoms with Crippen molar-refractivity contribution in [3.63, 3.8) is 0 Å². The van der Waals surface area contributed by atoms with Gasteiger partial charge in [0, 0.05) is 13.1 Å². The molecule has 19 heavy (non-hydrogen) atoms. The predicted octanol–water partition coefficient (Wildman–Crippen LogP) is 2.12. The molecule has 0 saturated heterocycles. The number of urea groups is 1. The molecule has 0 bridgehead atoms. The van der Waals surface area contributed by atoms with Crippen molar-refractivity contribution in [2.24, 2.45) is 10.8 Å². The van der Waals surface area contributed by atoms with E-state index in [0.717, 1.165) is 32.1 Å². The van der Waals surface area contributed by atoms with Crippen LogP contribution in [0.3, 0.4) is 0 Å². The minimum absolute atomic E-state index is 0.237. The van der Waals surface area contributed by atoms with Crippen molar-refractivity contribution in [3.8, 4) is 0 Å². The Kier molecular flexibility index (Phi) is 4.02. The minimum atomic E-state index is -0.776. The number of amides is 2. The number of carbonyl (C=O) groups is 2. The molecule has 0 atom stereocenters. The van der Waals surface area contributed by atoms with Crippen molar-refractivity contribution in [1.29, 1.82) is 0 Å². The van der Waals surface area contributed by atoms with E-state index in [9.17, 15) is 14.7 Å². The molecular formula is C14H24N2O3. The topological polar surface area (TPSA) is 78.4 Å². The quantitative estimate of drug-likeness (QED) is 0.714. The molecule has 2 saturated carbocycles. The molecule has 2 amide bonds. The summed E-state index contributed by atoms with van der Waals surface area (Å²) < 4.78 is 0. The maximum atomic E-state index is 11.7. The van der Waals surface area contributed by atoms with Crippen molar-refractivity contribution >= 4 is 12.0 Å². The summed E-state index contributed by atoms with van der Waals surface area (Å²) in [5, 5.41) is 15.0. The summed E-state index contributed by atoms with van der Waals surface area (Å²) in [6, 6.07) is -0.237. The average Bonchev–Trinajstić information content (AvgIpc) is 3.13. The van der Waals surface area contributed by atoms with Crippen LogP contribution < -0.4 is 10.6 Å². The first-order chi connectivity index (χ1) is 8.96. The Balaban J connectivity index is 1.78. The maximum absolute atomic E-state index is 11.7. The highest BCUT2D eigenvalue weighted by Gasteiger charge is 2.40. The van der Waals surface area contributed by atoms with Crippen molar-refractivity contribution in [3.05, 3.63) is 0 Å². The van der Waals surface area contributed by atoms with Gasteiger partial charge in [-0.3, -0.25) is 4.79 Å². The first-order valence-corrected chi connectivity index (χ1v) is 7.21. The fraction of sp³-hybridized carbons (Fsp3) is 0.857. The van der Waals surface area contributed by atoms with E-state index >= 15 is 0 Å². The van der Waals surface area contributed by atoms with Crippen molar-refractivity contribution < 1.29 is 14.7 Å². The Morgan fingerprint density at radius 1 is 1.00 bits per heavy atom. The van der Waals surface area contributed by atoms with Crippen LogP contribution in [0.1, 0.15) is 51.9 Å². The summed E-state index contributed by atoms with van der Waals surface area (Å²) in [4.78, 5) is 23.2. The standard InChI is InChI=1S/C14H24N2O3/c1-13(7-8-13)9-15-12(19)16-10-14(11(17)18)5-3-2-4-6-14/h2-10H2,1H3,(H,17,18)(H2,15,16,19). The van der Waals surface area contributed by atoms with E-state index in [2.05, 4.69) is 17.6 Å². The van der Waals surface area contributed by atoms with Gasteiger partial charge in [0.05, 0.1) is 5.41 Å². The number of hydrogen-bond donors (Lipinski definition) is 3. The van der Waals surface area contributed by atoms with Gasteiger partial charge in [-0.2, -0.15) is 0 Å². The Morgan fingerprint density at radius 3 is 2.11 bits per heavy atom. The second kappa shape index (κ2) is 5.39. The maximum Gasteiger partial charge on any atom is 0.314 e. The molecule has 2 rings (SSSR count). The molecule has 5 heteroatoms. The molecule has 2 fully saturated rings. The van der Waals surface area contributed by atoms with Crippen LogP contribution in [-0.2, 0) is 4.79 Å². The van der Waals surface area contributed by atoms with Gasteiger partial charge in [0.15, 0.2) is 0 Å². The molecule has 0 aliphatic heterocycles. The molecular weight excluding hydrogens is 244 g/mol. The van der Waals surface area contributed by atoms with Crippen molar-refractivity contribution in [2.75, 3.05) is 13.1 Å². The van der Waals surface area contributed by atoms with E-state index < -0.39 is 11.4 Å². The zero-order chi connectivity index (χ0) is 13.9. The third-order valence-electron chi connectivity index (χ3n) is 4.63. The lowest BCUT2D eigenvalue weighted by atomic mass is 9.74. The van der Waals surface area contributed by atoms with E-state index in [1.54, 1.807) is 0 Å². The summed E-state index contributed by atoms with van der Waals surface area (Å²) in [6.07, 6.45) is 6.63. The summed E-state index contributed by atoms with van der Waals surface area (Å²) in [7, 11) is 0. The Bertz CT molecular complexity index is 358. The fourth-order valence-corrected chi connectivity index (χ4v) is 2.69. The smallest absolute Gasteiger partial charge is 0.314 e. The first kappa shape index (κ1) is 14.2. The van der Waals surface area contributed by atoms with E-state index in [1.165, 1.54) is 0 Å². The van der Waals surface area contributed by atoms with Gasteiger partial charge in [-0.15, -0.1) is 0 Å². The molecule has 108 valence electrons. The number of aliphatic carboxylic acids is 1. The molecule has 2 aliphatic carbocycles. The van der Waals surface area contributed by atoms with Crippen molar-refractivity contribution in [1.82, 2.24) is 10.6 Å². The molecule has 5 nitrogen and oxygen atoms in total. The van der Waals surface area contributed by atoms with Crippen LogP contribution in [0.15, 0.2) is 0 Å². The van der Waals surface area contributed by atoms with E-state index in [4.69, 9.17) is 0 Å². The zero-order valence-electron chi connectivity index (χ0n) is 11.6. The zero-order valence-corrected chi connectivity index (χ0v) is 11.6. The highest BCUT2D eigenvalue weighted by atomic mass is 16.4. The lowest BCUT2D eigenvalue weighted by Gasteiger charge is -2.33. The number of hydrogen-bond acceptors (Lipinski definition) is 2. The van der Waals surface area contributed by atoms with Gasteiger partial charge in [-0.05, 0) is 31.1 Å². The third kappa shape index (κ3) is 3.61. The van der Waals surface area contributed by atoms with Crippen LogP contribution in [0.4, 0.5) is 4.79 Å². The van der Waals surface area contributed by atoms with Crippen LogP contribution in [0.5, 0.6) is 0 Å². The number of nitrogens with one attached hydrogen (secondary N) is 2. The van der Waals surface area contributed by atoms with Gasteiger partial charge in [0.25, 0.3) is 0 Å². The number of carboxylic acids is 1. The summed E-state index contributed by atoms with van der Waals surface area (Å²) in [5.41, 5.74) is -0.480. The number of carbonyl (C=O) groups excluding carboxylic acids is 1. The number of rotatable bonds is 5. The fourth-order valence-electron chi connectivity index (χ4n) is 2.69. The van der Waals surface area contributed by atoms with Gasteiger partial charge in [0.2, 0.25) is 0 Å². The first-order valence-electron chi connectivity index (χ1n) is 7.21. The van der Waals surface area contributed by atoms with Crippen LogP contribution in [0, 0.1) is 10.8 Å². The molecule has 0 aromatic carbocycles. The normalized spacial score (nSPS) is 23.4.